The fourth-order valence-corrected chi connectivity index (χ4v) is 3.38. The van der Waals surface area contributed by atoms with Gasteiger partial charge in [0.15, 0.2) is 6.23 Å². The third-order valence-electron chi connectivity index (χ3n) is 4.62. The number of nitrogens with zero attached hydrogens (tertiary/aromatic N) is 2. The van der Waals surface area contributed by atoms with Gasteiger partial charge in [0.05, 0.1) is 0 Å². The highest BCUT2D eigenvalue weighted by atomic mass is 16.7. The zero-order valence-electron chi connectivity index (χ0n) is 12.6. The summed E-state index contributed by atoms with van der Waals surface area (Å²) in [6.07, 6.45) is 0.00896. The minimum absolute atomic E-state index is 0.00562. The number of benzene rings is 1. The molecule has 0 aromatic heterocycles. The highest BCUT2D eigenvalue weighted by Crippen LogP contribution is 2.49. The lowest BCUT2D eigenvalue weighted by Crippen LogP contribution is -2.52. The van der Waals surface area contributed by atoms with Gasteiger partial charge < -0.3 is 15.3 Å². The maximum absolute atomic E-state index is 10.6. The molecule has 2 aliphatic rings. The van der Waals surface area contributed by atoms with Crippen LogP contribution in [-0.2, 0) is 16.8 Å². The predicted molar refractivity (Wildman–Crippen MR) is 79.2 cm³/mol. The number of fused-ring (bicyclic) bond motifs is 3. The molecule has 2 N–H and O–H groups in total. The molecule has 0 spiro atoms. The van der Waals surface area contributed by atoms with Crippen molar-refractivity contribution in [3.8, 4) is 0 Å². The normalized spacial score (nSPS) is 28.1. The number of amides is 1. The lowest BCUT2D eigenvalue weighted by Gasteiger charge is -2.42. The van der Waals surface area contributed by atoms with E-state index in [0.29, 0.717) is 6.54 Å². The fraction of sp³-hybridized carbons (Fsp3) is 0.533. The van der Waals surface area contributed by atoms with Gasteiger partial charge in [-0.2, -0.15) is 5.06 Å². The zero-order chi connectivity index (χ0) is 15.2. The number of nitrogens with one attached hydrogen (secondary N) is 1. The van der Waals surface area contributed by atoms with Crippen molar-refractivity contribution < 1.29 is 14.7 Å². The van der Waals surface area contributed by atoms with E-state index < -0.39 is 6.09 Å². The second-order valence-corrected chi connectivity index (χ2v) is 6.10. The monoisotopic (exact) mass is 291 g/mol. The van der Waals surface area contributed by atoms with Crippen molar-refractivity contribution in [2.75, 3.05) is 25.5 Å². The van der Waals surface area contributed by atoms with Crippen LogP contribution in [0.4, 0.5) is 10.5 Å². The van der Waals surface area contributed by atoms with Crippen molar-refractivity contribution in [3.05, 3.63) is 29.3 Å². The van der Waals surface area contributed by atoms with E-state index in [-0.39, 0.29) is 11.6 Å². The van der Waals surface area contributed by atoms with E-state index in [2.05, 4.69) is 29.3 Å². The molecular formula is C15H21N3O3. The number of carbonyl (C=O) groups is 1. The molecule has 0 radical (unpaired) electrons. The van der Waals surface area contributed by atoms with Crippen LogP contribution < -0.4 is 10.2 Å². The van der Waals surface area contributed by atoms with E-state index in [9.17, 15) is 4.79 Å². The Kier molecular flexibility index (Phi) is 3.30. The van der Waals surface area contributed by atoms with E-state index in [4.69, 9.17) is 9.94 Å². The summed E-state index contributed by atoms with van der Waals surface area (Å²) in [5.41, 5.74) is 3.32. The van der Waals surface area contributed by atoms with Gasteiger partial charge in [-0.05, 0) is 23.6 Å². The maximum Gasteiger partial charge on any atom is 0.404 e. The zero-order valence-corrected chi connectivity index (χ0v) is 12.6. The molecular weight excluding hydrogens is 270 g/mol. The van der Waals surface area contributed by atoms with E-state index in [1.54, 1.807) is 0 Å². The Labute approximate surface area is 124 Å². The Hall–Kier alpha value is -1.79. The highest BCUT2D eigenvalue weighted by molar-refractivity contribution is 5.66. The first-order valence-electron chi connectivity index (χ1n) is 7.13. The predicted octanol–water partition coefficient (Wildman–Crippen LogP) is 1.75. The smallest absolute Gasteiger partial charge is 0.404 e. The first-order valence-corrected chi connectivity index (χ1v) is 7.13. The molecule has 3 rings (SSSR count). The summed E-state index contributed by atoms with van der Waals surface area (Å²) in [7, 11) is 4.00. The lowest BCUT2D eigenvalue weighted by atomic mass is 9.78. The Bertz CT molecular complexity index is 577. The summed E-state index contributed by atoms with van der Waals surface area (Å²) in [6.45, 7) is 3.44. The Balaban J connectivity index is 1.94. The molecule has 0 unspecified atom stereocenters. The molecule has 0 aliphatic carbocycles. The number of likely N-dealkylation sites (N-methyl/N-ethyl adjacent to an activating group) is 1. The van der Waals surface area contributed by atoms with Gasteiger partial charge in [0, 0.05) is 38.3 Å². The van der Waals surface area contributed by atoms with Crippen LogP contribution in [0.3, 0.4) is 0 Å². The Morgan fingerprint density at radius 1 is 1.52 bits per heavy atom. The lowest BCUT2D eigenvalue weighted by molar-refractivity contribution is -0.226. The van der Waals surface area contributed by atoms with Gasteiger partial charge in [0.1, 0.15) is 0 Å². The first-order chi connectivity index (χ1) is 9.91. The minimum Gasteiger partial charge on any atom is -0.465 e. The number of carboxylic acid groups (broad SMARTS) is 1. The summed E-state index contributed by atoms with van der Waals surface area (Å²) in [6, 6.07) is 6.13. The topological polar surface area (TPSA) is 65.0 Å². The van der Waals surface area contributed by atoms with Crippen molar-refractivity contribution in [3.63, 3.8) is 0 Å². The molecule has 1 aromatic carbocycles. The van der Waals surface area contributed by atoms with Crippen LogP contribution in [0.15, 0.2) is 18.2 Å². The molecule has 21 heavy (non-hydrogen) atoms. The second kappa shape index (κ2) is 4.89. The third kappa shape index (κ3) is 2.24. The number of anilines is 1. The molecule has 1 saturated heterocycles. The van der Waals surface area contributed by atoms with Crippen LogP contribution in [-0.4, -0.2) is 43.1 Å². The van der Waals surface area contributed by atoms with E-state index in [0.717, 1.165) is 24.2 Å². The fourth-order valence-electron chi connectivity index (χ4n) is 3.38. The van der Waals surface area contributed by atoms with Gasteiger partial charge in [0.2, 0.25) is 0 Å². The molecule has 1 amide bonds. The summed E-state index contributed by atoms with van der Waals surface area (Å²) in [4.78, 5) is 18.8. The Morgan fingerprint density at radius 2 is 2.29 bits per heavy atom. The van der Waals surface area contributed by atoms with Crippen LogP contribution in [0.25, 0.3) is 0 Å². The van der Waals surface area contributed by atoms with Crippen molar-refractivity contribution in [1.82, 2.24) is 10.4 Å². The van der Waals surface area contributed by atoms with Gasteiger partial charge in [-0.3, -0.25) is 4.84 Å². The number of hydrogen-bond donors (Lipinski definition) is 2. The van der Waals surface area contributed by atoms with Crippen LogP contribution in [0.5, 0.6) is 0 Å². The van der Waals surface area contributed by atoms with Crippen LogP contribution in [0, 0.1) is 0 Å². The second-order valence-electron chi connectivity index (χ2n) is 6.10. The number of hydroxylamine groups is 2. The molecule has 2 heterocycles. The average Bonchev–Trinajstić information content (AvgIpc) is 2.67. The van der Waals surface area contributed by atoms with E-state index in [1.807, 2.05) is 25.2 Å². The van der Waals surface area contributed by atoms with Crippen LogP contribution >= 0.6 is 0 Å². The van der Waals surface area contributed by atoms with Gasteiger partial charge in [-0.15, -0.1) is 0 Å². The summed E-state index contributed by atoms with van der Waals surface area (Å²) < 4.78 is 0. The minimum atomic E-state index is -1.00. The number of rotatable bonds is 2. The van der Waals surface area contributed by atoms with E-state index >= 15 is 0 Å². The van der Waals surface area contributed by atoms with Crippen LogP contribution in [0.2, 0.25) is 0 Å². The molecule has 6 heteroatoms. The molecule has 2 aliphatic heterocycles. The van der Waals surface area contributed by atoms with Gasteiger partial charge in [-0.1, -0.05) is 19.1 Å². The summed E-state index contributed by atoms with van der Waals surface area (Å²) >= 11 is 0. The molecule has 114 valence electrons. The van der Waals surface area contributed by atoms with Gasteiger partial charge >= 0.3 is 6.09 Å². The van der Waals surface area contributed by atoms with E-state index in [1.165, 1.54) is 5.56 Å². The third-order valence-corrected chi connectivity index (χ3v) is 4.62. The van der Waals surface area contributed by atoms with Gasteiger partial charge in [0.25, 0.3) is 0 Å². The molecule has 2 atom stereocenters. The first kappa shape index (κ1) is 14.2. The molecule has 1 fully saturated rings. The van der Waals surface area contributed by atoms with Crippen molar-refractivity contribution in [1.29, 1.82) is 0 Å². The van der Waals surface area contributed by atoms with Crippen molar-refractivity contribution >= 4 is 11.8 Å². The average molecular weight is 291 g/mol. The molecule has 0 bridgehead atoms. The van der Waals surface area contributed by atoms with Crippen molar-refractivity contribution in [2.24, 2.45) is 0 Å². The summed E-state index contributed by atoms with van der Waals surface area (Å²) in [5.74, 6) is 0. The van der Waals surface area contributed by atoms with Gasteiger partial charge in [-0.25, -0.2) is 4.79 Å². The largest absolute Gasteiger partial charge is 0.465 e. The molecule has 6 nitrogen and oxygen atoms in total. The summed E-state index contributed by atoms with van der Waals surface area (Å²) in [5, 5.41) is 13.0. The Morgan fingerprint density at radius 3 is 3.00 bits per heavy atom. The highest BCUT2D eigenvalue weighted by Gasteiger charge is 2.50. The van der Waals surface area contributed by atoms with Crippen LogP contribution in [0.1, 0.15) is 24.5 Å². The van der Waals surface area contributed by atoms with Crippen molar-refractivity contribution in [2.45, 2.75) is 31.5 Å². The quantitative estimate of drug-likeness (QED) is 0.869. The maximum atomic E-state index is 10.6. The molecule has 1 aromatic rings. The SMILES string of the molecule is CN1CC[C@@]2(C)c3cc(CNC(=O)O)ccc3N(C)[C@H]2O1. The molecule has 0 saturated carbocycles. The number of hydrogen-bond acceptors (Lipinski definition) is 4. The standard InChI is InChI=1S/C15H21N3O3/c1-15-6-7-17(2)21-13(15)18(3)12-5-4-10(8-11(12)15)9-16-14(19)20/h4-5,8,13,16H,6-7,9H2,1-3H3,(H,19,20)/t13-,15-/m0/s1.